The normalized spacial score (nSPS) is 17.6. The minimum Gasteiger partial charge on any atom is -0.445 e. The number of carbonyl (C=O) groups excluding carboxylic acids is 3. The molecule has 0 bridgehead atoms. The van der Waals surface area contributed by atoms with Gasteiger partial charge in [0.25, 0.3) is 0 Å². The number of benzene rings is 1. The fraction of sp³-hybridized carbons (Fsp3) is 0.286. The summed E-state index contributed by atoms with van der Waals surface area (Å²) in [6.07, 6.45) is -0.494. The fourth-order valence-corrected chi connectivity index (χ4v) is 1.75. The van der Waals surface area contributed by atoms with Crippen LogP contribution in [0.4, 0.5) is 4.79 Å². The first-order valence-electron chi connectivity index (χ1n) is 6.25. The minimum absolute atomic E-state index is 0.0121. The predicted molar refractivity (Wildman–Crippen MR) is 68.6 cm³/mol. The van der Waals surface area contributed by atoms with Crippen LogP contribution >= 0.6 is 0 Å². The molecule has 2 rings (SSSR count). The van der Waals surface area contributed by atoms with E-state index in [0.717, 1.165) is 0 Å². The maximum absolute atomic E-state index is 11.6. The molecule has 0 aromatic heterocycles. The topological polar surface area (TPSA) is 105 Å². The summed E-state index contributed by atoms with van der Waals surface area (Å²) >= 11 is 0. The van der Waals surface area contributed by atoms with E-state index in [1.165, 1.54) is 0 Å². The summed E-state index contributed by atoms with van der Waals surface area (Å²) in [5.41, 5.74) is 1.23. The van der Waals surface area contributed by atoms with Gasteiger partial charge in [-0.3, -0.25) is 4.79 Å². The zero-order valence-corrected chi connectivity index (χ0v) is 11.0. The van der Waals surface area contributed by atoms with Crippen LogP contribution in [0.3, 0.4) is 0 Å². The number of nitrogens with one attached hydrogen (secondary N) is 1. The van der Waals surface area contributed by atoms with Gasteiger partial charge >= 0.3 is 18.0 Å². The summed E-state index contributed by atoms with van der Waals surface area (Å²) < 4.78 is 9.36. The number of nitrogens with zero attached hydrogens (tertiary/aromatic N) is 1. The standard InChI is InChI=1S/C14H12N2O5/c15-7-9-1-3-10(4-2-9)8-20-14(19)16-11-5-6-12(17)21-13(11)18/h1-4,11H,5-6,8H2,(H,16,19)/t11-/m0/s1. The molecular weight excluding hydrogens is 276 g/mol. The van der Waals surface area contributed by atoms with Crippen LogP contribution in [0.25, 0.3) is 0 Å². The van der Waals surface area contributed by atoms with Crippen molar-refractivity contribution in [3.63, 3.8) is 0 Å². The lowest BCUT2D eigenvalue weighted by molar-refractivity contribution is -0.165. The number of carbonyl (C=O) groups is 3. The summed E-state index contributed by atoms with van der Waals surface area (Å²) in [5.74, 6) is -1.37. The molecule has 0 unspecified atom stereocenters. The third-order valence-corrected chi connectivity index (χ3v) is 2.88. The molecule has 1 aliphatic rings. The zero-order chi connectivity index (χ0) is 15.2. The first kappa shape index (κ1) is 14.5. The molecule has 0 aliphatic carbocycles. The zero-order valence-electron chi connectivity index (χ0n) is 11.0. The van der Waals surface area contributed by atoms with Gasteiger partial charge in [-0.1, -0.05) is 12.1 Å². The Morgan fingerprint density at radius 2 is 2.10 bits per heavy atom. The van der Waals surface area contributed by atoms with Gasteiger partial charge in [0, 0.05) is 6.42 Å². The number of rotatable bonds is 3. The Balaban J connectivity index is 1.80. The third-order valence-electron chi connectivity index (χ3n) is 2.88. The van der Waals surface area contributed by atoms with E-state index in [2.05, 4.69) is 10.1 Å². The molecule has 21 heavy (non-hydrogen) atoms. The molecule has 1 fully saturated rings. The number of ether oxygens (including phenoxy) is 2. The van der Waals surface area contributed by atoms with Gasteiger partial charge in [0.15, 0.2) is 0 Å². The maximum Gasteiger partial charge on any atom is 0.408 e. The Labute approximate surface area is 120 Å². The molecule has 1 aromatic rings. The highest BCUT2D eigenvalue weighted by Gasteiger charge is 2.30. The van der Waals surface area contributed by atoms with Crippen LogP contribution in [0.1, 0.15) is 24.0 Å². The second kappa shape index (κ2) is 6.52. The minimum atomic E-state index is -0.865. The summed E-state index contributed by atoms with van der Waals surface area (Å²) in [6, 6.07) is 7.67. The molecule has 108 valence electrons. The van der Waals surface area contributed by atoms with E-state index in [-0.39, 0.29) is 19.4 Å². The number of hydrogen-bond acceptors (Lipinski definition) is 6. The Kier molecular flexibility index (Phi) is 4.51. The smallest absolute Gasteiger partial charge is 0.408 e. The van der Waals surface area contributed by atoms with Gasteiger partial charge in [-0.25, -0.2) is 9.59 Å². The van der Waals surface area contributed by atoms with Gasteiger partial charge in [-0.05, 0) is 24.1 Å². The molecule has 1 amide bonds. The first-order valence-corrected chi connectivity index (χ1v) is 6.25. The molecule has 1 saturated heterocycles. The summed E-state index contributed by atoms with van der Waals surface area (Å²) in [7, 11) is 0. The number of cyclic esters (lactones) is 2. The van der Waals surface area contributed by atoms with Crippen LogP contribution in [-0.2, 0) is 25.7 Å². The van der Waals surface area contributed by atoms with E-state index in [9.17, 15) is 14.4 Å². The molecule has 0 spiro atoms. The van der Waals surface area contributed by atoms with Crippen molar-refractivity contribution in [3.05, 3.63) is 35.4 Å². The van der Waals surface area contributed by atoms with Crippen molar-refractivity contribution < 1.29 is 23.9 Å². The van der Waals surface area contributed by atoms with Crippen molar-refractivity contribution in [1.82, 2.24) is 5.32 Å². The van der Waals surface area contributed by atoms with Crippen molar-refractivity contribution in [3.8, 4) is 6.07 Å². The molecule has 0 radical (unpaired) electrons. The van der Waals surface area contributed by atoms with Crippen LogP contribution < -0.4 is 5.32 Å². The molecule has 1 heterocycles. The van der Waals surface area contributed by atoms with Crippen molar-refractivity contribution in [2.45, 2.75) is 25.5 Å². The van der Waals surface area contributed by atoms with Crippen LogP contribution in [0, 0.1) is 11.3 Å². The van der Waals surface area contributed by atoms with Gasteiger partial charge in [0.05, 0.1) is 11.6 Å². The Bertz CT molecular complexity index is 603. The van der Waals surface area contributed by atoms with Crippen LogP contribution in [0.2, 0.25) is 0 Å². The van der Waals surface area contributed by atoms with E-state index in [1.54, 1.807) is 24.3 Å². The maximum atomic E-state index is 11.6. The quantitative estimate of drug-likeness (QED) is 0.657. The second-order valence-corrected chi connectivity index (χ2v) is 4.41. The van der Waals surface area contributed by atoms with Crippen molar-refractivity contribution >= 4 is 18.0 Å². The highest BCUT2D eigenvalue weighted by Crippen LogP contribution is 2.10. The lowest BCUT2D eigenvalue weighted by Gasteiger charge is -2.20. The average molecular weight is 288 g/mol. The molecule has 0 saturated carbocycles. The molecule has 1 aromatic carbocycles. The monoisotopic (exact) mass is 288 g/mol. The van der Waals surface area contributed by atoms with Crippen molar-refractivity contribution in [2.75, 3.05) is 0 Å². The molecule has 1 N–H and O–H groups in total. The number of alkyl carbamates (subject to hydrolysis) is 1. The third kappa shape index (κ3) is 4.04. The Morgan fingerprint density at radius 3 is 2.71 bits per heavy atom. The van der Waals surface area contributed by atoms with Gasteiger partial charge in [0.1, 0.15) is 12.6 Å². The number of nitriles is 1. The summed E-state index contributed by atoms with van der Waals surface area (Å²) in [5, 5.41) is 11.0. The molecule has 1 aliphatic heterocycles. The van der Waals surface area contributed by atoms with Gasteiger partial charge in [-0.2, -0.15) is 5.26 Å². The van der Waals surface area contributed by atoms with Crippen LogP contribution in [0.5, 0.6) is 0 Å². The van der Waals surface area contributed by atoms with Gasteiger partial charge in [-0.15, -0.1) is 0 Å². The Morgan fingerprint density at radius 1 is 1.38 bits per heavy atom. The highest BCUT2D eigenvalue weighted by atomic mass is 16.6. The summed E-state index contributed by atoms with van der Waals surface area (Å²) in [6.45, 7) is 0.0121. The van der Waals surface area contributed by atoms with E-state index < -0.39 is 24.1 Å². The highest BCUT2D eigenvalue weighted by molar-refractivity contribution is 5.92. The second-order valence-electron chi connectivity index (χ2n) is 4.41. The molecule has 7 heteroatoms. The van der Waals surface area contributed by atoms with Gasteiger partial charge < -0.3 is 14.8 Å². The molecular formula is C14H12N2O5. The predicted octanol–water partition coefficient (Wildman–Crippen LogP) is 1.02. The van der Waals surface area contributed by atoms with E-state index >= 15 is 0 Å². The van der Waals surface area contributed by atoms with Crippen LogP contribution in [0.15, 0.2) is 24.3 Å². The van der Waals surface area contributed by atoms with Crippen molar-refractivity contribution in [2.24, 2.45) is 0 Å². The number of esters is 2. The van der Waals surface area contributed by atoms with E-state index in [0.29, 0.717) is 11.1 Å². The fourth-order valence-electron chi connectivity index (χ4n) is 1.75. The van der Waals surface area contributed by atoms with Crippen LogP contribution in [-0.4, -0.2) is 24.1 Å². The van der Waals surface area contributed by atoms with E-state index in [1.807, 2.05) is 6.07 Å². The first-order chi connectivity index (χ1) is 10.1. The lowest BCUT2D eigenvalue weighted by Crippen LogP contribution is -2.45. The lowest BCUT2D eigenvalue weighted by atomic mass is 10.1. The summed E-state index contributed by atoms with van der Waals surface area (Å²) in [4.78, 5) is 33.8. The largest absolute Gasteiger partial charge is 0.445 e. The Hall–Kier alpha value is -2.88. The van der Waals surface area contributed by atoms with Gasteiger partial charge in [0.2, 0.25) is 0 Å². The van der Waals surface area contributed by atoms with E-state index in [4.69, 9.17) is 10.00 Å². The molecule has 1 atom stereocenters. The molecule has 7 nitrogen and oxygen atoms in total. The number of amides is 1. The average Bonchev–Trinajstić information content (AvgIpc) is 2.48. The SMILES string of the molecule is N#Cc1ccc(COC(=O)N[C@H]2CCC(=O)OC2=O)cc1. The number of hydrogen-bond donors (Lipinski definition) is 1. The van der Waals surface area contributed by atoms with Crippen molar-refractivity contribution in [1.29, 1.82) is 5.26 Å².